The van der Waals surface area contributed by atoms with E-state index in [0.717, 1.165) is 41.0 Å². The van der Waals surface area contributed by atoms with Gasteiger partial charge < -0.3 is 23.5 Å². The van der Waals surface area contributed by atoms with Gasteiger partial charge in [0.2, 0.25) is 0 Å². The first-order valence-electron chi connectivity index (χ1n) is 17.2. The fraction of sp³-hybridized carbons (Fsp3) is 0.525. The summed E-state index contributed by atoms with van der Waals surface area (Å²) in [5.41, 5.74) is 1.51. The van der Waals surface area contributed by atoms with Gasteiger partial charge >= 0.3 is 0 Å². The highest BCUT2D eigenvalue weighted by atomic mass is 31.2. The lowest BCUT2D eigenvalue weighted by Crippen LogP contribution is -2.44. The van der Waals surface area contributed by atoms with E-state index in [4.69, 9.17) is 23.5 Å². The smallest absolute Gasteiger partial charge is 0.144 e. The third-order valence-corrected chi connectivity index (χ3v) is 12.1. The number of rotatable bonds is 20. The van der Waals surface area contributed by atoms with Gasteiger partial charge in [-0.15, -0.1) is 0 Å². The highest BCUT2D eigenvalue weighted by Gasteiger charge is 2.45. The standard InChI is InChI=1S/C40H57N2O5P/c1-11-38(7,27-30-45-39(8,12-2)48(46-29-16-28-41)42(31(3)4)32(5)6)47-40(33-17-14-13-15-18-33,34-19-23-36(43-9)24-20-34)35-21-25-37(44-10)26-22-35/h13-15,17-26,31-32H,11-12,16,27,29-30H2,1-10H3. The van der Waals surface area contributed by atoms with Gasteiger partial charge in [0.05, 0.1) is 45.5 Å². The van der Waals surface area contributed by atoms with Crippen LogP contribution in [-0.2, 0) is 19.6 Å². The first-order chi connectivity index (χ1) is 22.9. The Balaban J connectivity index is 2.06. The van der Waals surface area contributed by atoms with Crippen molar-refractivity contribution in [2.75, 3.05) is 27.4 Å². The van der Waals surface area contributed by atoms with Gasteiger partial charge in [-0.2, -0.15) is 5.26 Å². The van der Waals surface area contributed by atoms with Crippen LogP contribution in [0.15, 0.2) is 78.9 Å². The van der Waals surface area contributed by atoms with E-state index < -0.39 is 24.8 Å². The van der Waals surface area contributed by atoms with Crippen LogP contribution in [0.1, 0.15) is 97.8 Å². The predicted molar refractivity (Wildman–Crippen MR) is 197 cm³/mol. The quantitative estimate of drug-likeness (QED) is 0.0670. The first kappa shape index (κ1) is 39.5. The Morgan fingerprint density at radius 2 is 1.23 bits per heavy atom. The number of benzene rings is 3. The van der Waals surface area contributed by atoms with E-state index >= 15 is 0 Å². The molecule has 3 aromatic rings. The molecule has 8 heteroatoms. The molecule has 3 aromatic carbocycles. The van der Waals surface area contributed by atoms with Crippen molar-refractivity contribution < 1.29 is 23.5 Å². The van der Waals surface area contributed by atoms with E-state index in [1.54, 1.807) is 14.2 Å². The molecule has 3 unspecified atom stereocenters. The molecule has 0 radical (unpaired) electrons. The van der Waals surface area contributed by atoms with Gasteiger partial charge in [0.15, 0.2) is 0 Å². The van der Waals surface area contributed by atoms with E-state index in [9.17, 15) is 5.26 Å². The van der Waals surface area contributed by atoms with Crippen LogP contribution in [0.3, 0.4) is 0 Å². The largest absolute Gasteiger partial charge is 0.497 e. The molecule has 0 bridgehead atoms. The molecule has 0 saturated heterocycles. The third kappa shape index (κ3) is 9.37. The molecule has 0 aliphatic heterocycles. The molecule has 0 aliphatic rings. The maximum atomic E-state index is 9.25. The number of nitrogens with zero attached hydrogens (tertiary/aromatic N) is 2. The van der Waals surface area contributed by atoms with Crippen molar-refractivity contribution in [3.63, 3.8) is 0 Å². The zero-order chi connectivity index (χ0) is 35.4. The molecule has 0 fully saturated rings. The van der Waals surface area contributed by atoms with Crippen LogP contribution < -0.4 is 9.47 Å². The van der Waals surface area contributed by atoms with Crippen LogP contribution in [0.5, 0.6) is 11.5 Å². The van der Waals surface area contributed by atoms with Crippen LogP contribution in [-0.4, -0.2) is 55.1 Å². The van der Waals surface area contributed by atoms with Crippen molar-refractivity contribution in [3.05, 3.63) is 95.6 Å². The van der Waals surface area contributed by atoms with E-state index in [-0.39, 0.29) is 12.1 Å². The molecule has 3 rings (SSSR count). The lowest BCUT2D eigenvalue weighted by atomic mass is 9.78. The van der Waals surface area contributed by atoms with Crippen LogP contribution in [0.4, 0.5) is 0 Å². The lowest BCUT2D eigenvalue weighted by Gasteiger charge is -2.47. The summed E-state index contributed by atoms with van der Waals surface area (Å²) in [7, 11) is 2.20. The van der Waals surface area contributed by atoms with Gasteiger partial charge in [-0.25, -0.2) is 0 Å². The Kier molecular flexibility index (Phi) is 14.9. The molecule has 3 atom stereocenters. The molecule has 0 heterocycles. The van der Waals surface area contributed by atoms with Crippen molar-refractivity contribution in [3.8, 4) is 17.6 Å². The zero-order valence-corrected chi connectivity index (χ0v) is 31.7. The highest BCUT2D eigenvalue weighted by molar-refractivity contribution is 7.51. The Morgan fingerprint density at radius 1 is 0.729 bits per heavy atom. The van der Waals surface area contributed by atoms with Gasteiger partial charge in [0.25, 0.3) is 0 Å². The van der Waals surface area contributed by atoms with Gasteiger partial charge in [-0.3, -0.25) is 4.67 Å². The molecular weight excluding hydrogens is 619 g/mol. The maximum absolute atomic E-state index is 9.25. The van der Waals surface area contributed by atoms with E-state index in [2.05, 4.69) is 115 Å². The minimum atomic E-state index is -1.16. The number of methoxy groups -OCH3 is 2. The summed E-state index contributed by atoms with van der Waals surface area (Å²) in [6, 6.07) is 29.5. The first-order valence-corrected chi connectivity index (χ1v) is 18.4. The summed E-state index contributed by atoms with van der Waals surface area (Å²) in [6.45, 7) is 18.3. The normalized spacial score (nSPS) is 15.2. The van der Waals surface area contributed by atoms with E-state index in [1.165, 1.54) is 0 Å². The summed E-state index contributed by atoms with van der Waals surface area (Å²) in [5, 5.41) is 8.71. The minimum absolute atomic E-state index is 0.261. The predicted octanol–water partition coefficient (Wildman–Crippen LogP) is 10.1. The summed E-state index contributed by atoms with van der Waals surface area (Å²) in [4.78, 5) is 0. The number of ether oxygens (including phenoxy) is 4. The molecule has 7 nitrogen and oxygen atoms in total. The second-order valence-corrected chi connectivity index (χ2v) is 15.3. The molecule has 0 aliphatic carbocycles. The molecule has 0 aromatic heterocycles. The molecular formula is C40H57N2O5P. The molecule has 48 heavy (non-hydrogen) atoms. The fourth-order valence-corrected chi connectivity index (χ4v) is 8.56. The second-order valence-electron chi connectivity index (χ2n) is 13.1. The van der Waals surface area contributed by atoms with Crippen molar-refractivity contribution in [2.45, 2.75) is 110 Å². The number of nitriles is 1. The van der Waals surface area contributed by atoms with Gasteiger partial charge in [0, 0.05) is 12.1 Å². The number of hydrogen-bond acceptors (Lipinski definition) is 7. The van der Waals surface area contributed by atoms with E-state index in [0.29, 0.717) is 26.1 Å². The van der Waals surface area contributed by atoms with Crippen LogP contribution in [0, 0.1) is 11.3 Å². The second kappa shape index (κ2) is 18.1. The Hall–Kier alpha value is -2.98. The van der Waals surface area contributed by atoms with Crippen LogP contribution >= 0.6 is 8.30 Å². The fourth-order valence-electron chi connectivity index (χ4n) is 6.09. The third-order valence-electron chi connectivity index (χ3n) is 9.12. The van der Waals surface area contributed by atoms with E-state index in [1.807, 2.05) is 30.3 Å². The SMILES string of the molecule is CCC(C)(CCOC(C)(CC)P(OCCC#N)N(C(C)C)C(C)C)OC(c1ccccc1)(c1ccc(OC)cc1)c1ccc(OC)cc1. The average molecular weight is 677 g/mol. The number of hydrogen-bond donors (Lipinski definition) is 0. The minimum Gasteiger partial charge on any atom is -0.497 e. The maximum Gasteiger partial charge on any atom is 0.144 e. The van der Waals surface area contributed by atoms with Crippen LogP contribution in [0.2, 0.25) is 0 Å². The lowest BCUT2D eigenvalue weighted by molar-refractivity contribution is -0.132. The van der Waals surface area contributed by atoms with Crippen molar-refractivity contribution in [1.29, 1.82) is 5.26 Å². The molecule has 0 spiro atoms. The molecule has 0 saturated carbocycles. The average Bonchev–Trinajstić information content (AvgIpc) is 3.10. The highest BCUT2D eigenvalue weighted by Crippen LogP contribution is 2.58. The molecule has 0 N–H and O–H groups in total. The zero-order valence-electron chi connectivity index (χ0n) is 30.8. The van der Waals surface area contributed by atoms with Gasteiger partial charge in [-0.05, 0) is 102 Å². The Bertz CT molecular complexity index is 1350. The Morgan fingerprint density at radius 3 is 1.65 bits per heavy atom. The summed E-state index contributed by atoms with van der Waals surface area (Å²) >= 11 is 0. The monoisotopic (exact) mass is 676 g/mol. The van der Waals surface area contributed by atoms with Crippen molar-refractivity contribution in [2.24, 2.45) is 0 Å². The van der Waals surface area contributed by atoms with Crippen LogP contribution in [0.25, 0.3) is 0 Å². The summed E-state index contributed by atoms with van der Waals surface area (Å²) in [6.07, 6.45) is 2.54. The Labute approximate surface area is 291 Å². The summed E-state index contributed by atoms with van der Waals surface area (Å²) in [5.74, 6) is 1.57. The van der Waals surface area contributed by atoms with Crippen molar-refractivity contribution in [1.82, 2.24) is 4.67 Å². The summed E-state index contributed by atoms with van der Waals surface area (Å²) < 4.78 is 34.5. The van der Waals surface area contributed by atoms with Crippen molar-refractivity contribution >= 4 is 8.30 Å². The molecule has 0 amide bonds. The topological polar surface area (TPSA) is 73.2 Å². The van der Waals surface area contributed by atoms with Gasteiger partial charge in [-0.1, -0.05) is 68.4 Å². The van der Waals surface area contributed by atoms with Gasteiger partial charge in [0.1, 0.15) is 30.7 Å². The molecule has 262 valence electrons.